The predicted molar refractivity (Wildman–Crippen MR) is 38.3 cm³/mol. The van der Waals surface area contributed by atoms with Crippen LogP contribution in [0.1, 0.15) is 26.2 Å². The molecular weight excluding hydrogens is 114 g/mol. The largest absolute Gasteiger partial charge is 0.380 e. The summed E-state index contributed by atoms with van der Waals surface area (Å²) >= 11 is 0. The molecule has 1 N–H and O–H groups in total. The molecule has 0 amide bonds. The zero-order chi connectivity index (χ0) is 6.95. The topological polar surface area (TPSA) is 33.0 Å². The first-order valence-electron chi connectivity index (χ1n) is 3.64. The normalized spacial score (nSPS) is 10.0. The van der Waals surface area contributed by atoms with Crippen LogP contribution in [-0.4, -0.2) is 19.8 Å². The molecule has 0 aliphatic rings. The van der Waals surface area contributed by atoms with Crippen molar-refractivity contribution in [1.29, 1.82) is 0 Å². The van der Waals surface area contributed by atoms with Crippen molar-refractivity contribution in [3.05, 3.63) is 0 Å². The quantitative estimate of drug-likeness (QED) is 0.501. The second-order valence-corrected chi connectivity index (χ2v) is 2.07. The summed E-state index contributed by atoms with van der Waals surface area (Å²) in [5, 5.41) is 0. The fourth-order valence-electron chi connectivity index (χ4n) is 0.628. The monoisotopic (exact) mass is 130 g/mol. The van der Waals surface area contributed by atoms with Gasteiger partial charge in [-0.15, -0.1) is 0 Å². The molecule has 0 saturated carbocycles. The maximum absolute atomic E-state index is 6.76. The van der Waals surface area contributed by atoms with Crippen molar-refractivity contribution in [1.82, 2.24) is 5.73 Å². The van der Waals surface area contributed by atoms with Crippen molar-refractivity contribution in [2.24, 2.45) is 0 Å². The minimum atomic E-state index is 0.395. The predicted octanol–water partition coefficient (Wildman–Crippen LogP) is 1.48. The molecule has 2 heteroatoms. The van der Waals surface area contributed by atoms with Crippen LogP contribution in [0, 0.1) is 0 Å². The molecule has 55 valence electrons. The van der Waals surface area contributed by atoms with Crippen LogP contribution in [0.2, 0.25) is 0 Å². The van der Waals surface area contributed by atoms with Crippen molar-refractivity contribution in [3.63, 3.8) is 0 Å². The second kappa shape index (κ2) is 7.92. The number of hydrogen-bond donors (Lipinski definition) is 0. The first-order valence-corrected chi connectivity index (χ1v) is 3.64. The van der Waals surface area contributed by atoms with E-state index in [0.717, 1.165) is 13.0 Å². The zero-order valence-electron chi connectivity index (χ0n) is 6.15. The maximum Gasteiger partial charge on any atom is 0.0604 e. The summed E-state index contributed by atoms with van der Waals surface area (Å²) in [6.45, 7) is 4.01. The fraction of sp³-hybridized carbons (Fsp3) is 1.00. The van der Waals surface area contributed by atoms with Gasteiger partial charge in [0.05, 0.1) is 6.61 Å². The van der Waals surface area contributed by atoms with E-state index in [0.29, 0.717) is 13.2 Å². The Bertz CT molecular complexity index is 42.2. The van der Waals surface area contributed by atoms with Gasteiger partial charge in [0.15, 0.2) is 0 Å². The van der Waals surface area contributed by atoms with E-state index in [1.807, 2.05) is 0 Å². The molecule has 1 radical (unpaired) electrons. The summed E-state index contributed by atoms with van der Waals surface area (Å²) in [5.74, 6) is 0. The summed E-state index contributed by atoms with van der Waals surface area (Å²) in [7, 11) is 0. The Kier molecular flexibility index (Phi) is 7.85. The van der Waals surface area contributed by atoms with E-state index in [9.17, 15) is 0 Å². The lowest BCUT2D eigenvalue weighted by Gasteiger charge is -1.98. The van der Waals surface area contributed by atoms with Gasteiger partial charge in [-0.05, 0) is 6.42 Å². The molecule has 0 aromatic heterocycles. The highest BCUT2D eigenvalue weighted by molar-refractivity contribution is 4.36. The lowest BCUT2D eigenvalue weighted by atomic mass is 10.3. The van der Waals surface area contributed by atoms with Gasteiger partial charge in [-0.3, -0.25) is 5.73 Å². The third-order valence-corrected chi connectivity index (χ3v) is 1.14. The second-order valence-electron chi connectivity index (χ2n) is 2.07. The zero-order valence-corrected chi connectivity index (χ0v) is 6.15. The average Bonchev–Trinajstić information content (AvgIpc) is 1.89. The molecule has 0 fully saturated rings. The third kappa shape index (κ3) is 7.92. The molecule has 0 aromatic rings. The van der Waals surface area contributed by atoms with Crippen LogP contribution in [0.25, 0.3) is 0 Å². The molecule has 0 heterocycles. The summed E-state index contributed by atoms with van der Waals surface area (Å²) in [4.78, 5) is 0. The molecule has 0 aliphatic heterocycles. The van der Waals surface area contributed by atoms with Gasteiger partial charge in [-0.1, -0.05) is 19.8 Å². The van der Waals surface area contributed by atoms with E-state index >= 15 is 0 Å². The van der Waals surface area contributed by atoms with Crippen LogP contribution in [0.4, 0.5) is 0 Å². The Labute approximate surface area is 57.4 Å². The first-order chi connectivity index (χ1) is 4.41. The van der Waals surface area contributed by atoms with Crippen molar-refractivity contribution < 1.29 is 4.74 Å². The van der Waals surface area contributed by atoms with E-state index in [1.165, 1.54) is 12.8 Å². The molecule has 0 saturated heterocycles. The van der Waals surface area contributed by atoms with Crippen molar-refractivity contribution in [2.75, 3.05) is 19.8 Å². The van der Waals surface area contributed by atoms with Gasteiger partial charge >= 0.3 is 0 Å². The van der Waals surface area contributed by atoms with Crippen LogP contribution < -0.4 is 5.73 Å². The first kappa shape index (κ1) is 8.92. The lowest BCUT2D eigenvalue weighted by molar-refractivity contribution is 0.136. The lowest BCUT2D eigenvalue weighted by Crippen LogP contribution is -2.01. The van der Waals surface area contributed by atoms with Gasteiger partial charge in [0.25, 0.3) is 0 Å². The number of rotatable bonds is 6. The number of ether oxygens (including phenoxy) is 1. The van der Waals surface area contributed by atoms with E-state index < -0.39 is 0 Å². The van der Waals surface area contributed by atoms with Crippen LogP contribution in [0.15, 0.2) is 0 Å². The van der Waals surface area contributed by atoms with Crippen LogP contribution >= 0.6 is 0 Å². The van der Waals surface area contributed by atoms with E-state index in [4.69, 9.17) is 10.5 Å². The van der Waals surface area contributed by atoms with E-state index in [-0.39, 0.29) is 0 Å². The van der Waals surface area contributed by atoms with Crippen molar-refractivity contribution >= 4 is 0 Å². The minimum Gasteiger partial charge on any atom is -0.380 e. The molecule has 0 bridgehead atoms. The summed E-state index contributed by atoms with van der Waals surface area (Å²) in [5.41, 5.74) is 6.76. The van der Waals surface area contributed by atoms with Gasteiger partial charge in [0.1, 0.15) is 0 Å². The van der Waals surface area contributed by atoms with Gasteiger partial charge in [-0.25, -0.2) is 0 Å². The highest BCUT2D eigenvalue weighted by Crippen LogP contribution is 1.92. The van der Waals surface area contributed by atoms with Crippen molar-refractivity contribution in [3.8, 4) is 0 Å². The average molecular weight is 130 g/mol. The molecule has 0 spiro atoms. The molecule has 2 nitrogen and oxygen atoms in total. The highest BCUT2D eigenvalue weighted by Gasteiger charge is 1.85. The fourth-order valence-corrected chi connectivity index (χ4v) is 0.628. The minimum absolute atomic E-state index is 0.395. The standard InChI is InChI=1S/C7H16NO/c1-2-3-4-6-9-7-5-8/h8H,2-7H2,1H3. The molecule has 0 atom stereocenters. The Morgan fingerprint density at radius 1 is 1.22 bits per heavy atom. The Morgan fingerprint density at radius 2 is 2.00 bits per heavy atom. The van der Waals surface area contributed by atoms with Gasteiger partial charge in [0, 0.05) is 13.2 Å². The van der Waals surface area contributed by atoms with Crippen LogP contribution in [0.5, 0.6) is 0 Å². The Hall–Kier alpha value is -0.0800. The van der Waals surface area contributed by atoms with Gasteiger partial charge in [-0.2, -0.15) is 0 Å². The molecule has 0 aromatic carbocycles. The number of hydrogen-bond acceptors (Lipinski definition) is 1. The van der Waals surface area contributed by atoms with Gasteiger partial charge in [0.2, 0.25) is 0 Å². The molecule has 0 aliphatic carbocycles. The number of nitrogens with one attached hydrogen (secondary N) is 1. The molecule has 9 heavy (non-hydrogen) atoms. The Morgan fingerprint density at radius 3 is 2.56 bits per heavy atom. The SMILES string of the molecule is CCCCCOCC[NH]. The molecular formula is C7H16NO. The third-order valence-electron chi connectivity index (χ3n) is 1.14. The smallest absolute Gasteiger partial charge is 0.0604 e. The summed E-state index contributed by atoms with van der Waals surface area (Å²) in [6, 6.07) is 0. The summed E-state index contributed by atoms with van der Waals surface area (Å²) < 4.78 is 5.10. The number of unbranched alkanes of at least 4 members (excludes halogenated alkanes) is 2. The van der Waals surface area contributed by atoms with Crippen LogP contribution in [-0.2, 0) is 4.74 Å². The summed E-state index contributed by atoms with van der Waals surface area (Å²) in [6.07, 6.45) is 3.64. The van der Waals surface area contributed by atoms with E-state index in [1.54, 1.807) is 0 Å². The maximum atomic E-state index is 6.76. The molecule has 0 unspecified atom stereocenters. The highest BCUT2D eigenvalue weighted by atomic mass is 16.5. The van der Waals surface area contributed by atoms with Gasteiger partial charge < -0.3 is 4.74 Å². The molecule has 0 rings (SSSR count). The van der Waals surface area contributed by atoms with Crippen molar-refractivity contribution in [2.45, 2.75) is 26.2 Å². The van der Waals surface area contributed by atoms with E-state index in [2.05, 4.69) is 6.92 Å². The Balaban J connectivity index is 2.60. The van der Waals surface area contributed by atoms with Crippen LogP contribution in [0.3, 0.4) is 0 Å².